The second-order valence-corrected chi connectivity index (χ2v) is 10.7. The van der Waals surface area contributed by atoms with Gasteiger partial charge in [0.1, 0.15) is 0 Å². The van der Waals surface area contributed by atoms with E-state index < -0.39 is 0 Å². The van der Waals surface area contributed by atoms with Gasteiger partial charge in [-0.05, 0) is 43.4 Å². The SMILES string of the molecule is CCC(C)C1C(=O)N(C(C)(C)C(C)C)C(C(C)C)C(C(C)C)OC1C(C)C. The Morgan fingerprint density at radius 1 is 0.889 bits per heavy atom. The van der Waals surface area contributed by atoms with Gasteiger partial charge in [-0.3, -0.25) is 4.79 Å². The first-order valence-electron chi connectivity index (χ1n) is 11.3. The topological polar surface area (TPSA) is 29.5 Å². The normalized spacial score (nSPS) is 29.2. The maximum absolute atomic E-state index is 14.1. The lowest BCUT2D eigenvalue weighted by Crippen LogP contribution is -2.62. The van der Waals surface area contributed by atoms with Gasteiger partial charge in [-0.2, -0.15) is 0 Å². The van der Waals surface area contributed by atoms with Crippen molar-refractivity contribution in [2.75, 3.05) is 0 Å². The Kier molecular flexibility index (Phi) is 8.41. The molecule has 1 fully saturated rings. The number of hydrogen-bond acceptors (Lipinski definition) is 2. The lowest BCUT2D eigenvalue weighted by Gasteiger charge is -2.50. The molecule has 160 valence electrons. The van der Waals surface area contributed by atoms with Gasteiger partial charge in [-0.1, -0.05) is 75.7 Å². The monoisotopic (exact) mass is 381 g/mol. The Morgan fingerprint density at radius 2 is 1.37 bits per heavy atom. The summed E-state index contributed by atoms with van der Waals surface area (Å²) in [6.45, 7) is 26.8. The Morgan fingerprint density at radius 3 is 1.70 bits per heavy atom. The molecule has 0 radical (unpaired) electrons. The van der Waals surface area contributed by atoms with Gasteiger partial charge in [0.2, 0.25) is 5.91 Å². The predicted molar refractivity (Wildman–Crippen MR) is 116 cm³/mol. The molecular weight excluding hydrogens is 334 g/mol. The molecule has 3 nitrogen and oxygen atoms in total. The van der Waals surface area contributed by atoms with Crippen LogP contribution in [-0.2, 0) is 9.53 Å². The number of hydrogen-bond donors (Lipinski definition) is 0. The van der Waals surface area contributed by atoms with Crippen LogP contribution in [0, 0.1) is 35.5 Å². The molecule has 0 saturated carbocycles. The molecule has 5 atom stereocenters. The molecule has 0 bridgehead atoms. The summed E-state index contributed by atoms with van der Waals surface area (Å²) in [6.07, 6.45) is 1.04. The molecule has 1 aliphatic heterocycles. The van der Waals surface area contributed by atoms with Crippen molar-refractivity contribution in [1.29, 1.82) is 0 Å². The number of nitrogens with zero attached hydrogens (tertiary/aromatic N) is 1. The summed E-state index contributed by atoms with van der Waals surface area (Å²) in [7, 11) is 0. The third-order valence-corrected chi connectivity index (χ3v) is 7.11. The third kappa shape index (κ3) is 4.89. The molecule has 0 spiro atoms. The van der Waals surface area contributed by atoms with Crippen molar-refractivity contribution in [1.82, 2.24) is 4.90 Å². The van der Waals surface area contributed by atoms with Crippen molar-refractivity contribution in [3.8, 4) is 0 Å². The summed E-state index contributed by atoms with van der Waals surface area (Å²) in [6, 6.07) is 0.102. The molecule has 0 aromatic rings. The summed E-state index contributed by atoms with van der Waals surface area (Å²) < 4.78 is 6.86. The standard InChI is InChI=1S/C24H47NO2/c1-13-18(10)19-21(15(4)5)27-22(16(6)7)20(14(2)3)25(23(19)26)24(11,12)17(8)9/h14-22H,13H2,1-12H3. The maximum Gasteiger partial charge on any atom is 0.229 e. The van der Waals surface area contributed by atoms with Gasteiger partial charge < -0.3 is 9.64 Å². The third-order valence-electron chi connectivity index (χ3n) is 7.11. The first-order valence-corrected chi connectivity index (χ1v) is 11.3. The molecule has 3 heteroatoms. The van der Waals surface area contributed by atoms with Crippen LogP contribution in [0.2, 0.25) is 0 Å². The van der Waals surface area contributed by atoms with Gasteiger partial charge in [0.05, 0.1) is 24.2 Å². The van der Waals surface area contributed by atoms with Gasteiger partial charge in [0.25, 0.3) is 0 Å². The van der Waals surface area contributed by atoms with Crippen LogP contribution in [0.4, 0.5) is 0 Å². The van der Waals surface area contributed by atoms with Crippen molar-refractivity contribution in [3.63, 3.8) is 0 Å². The average molecular weight is 382 g/mol. The Bertz CT molecular complexity index is 481. The van der Waals surface area contributed by atoms with Crippen LogP contribution >= 0.6 is 0 Å². The number of ether oxygens (including phenoxy) is 1. The first kappa shape index (κ1) is 24.5. The van der Waals surface area contributed by atoms with E-state index in [1.54, 1.807) is 0 Å². The van der Waals surface area contributed by atoms with Gasteiger partial charge in [-0.25, -0.2) is 0 Å². The van der Waals surface area contributed by atoms with Crippen molar-refractivity contribution in [2.24, 2.45) is 35.5 Å². The van der Waals surface area contributed by atoms with E-state index >= 15 is 0 Å². The number of carbonyl (C=O) groups excluding carboxylic acids is 1. The zero-order valence-electron chi connectivity index (χ0n) is 20.2. The summed E-state index contributed by atoms with van der Waals surface area (Å²) >= 11 is 0. The zero-order valence-corrected chi connectivity index (χ0v) is 20.2. The quantitative estimate of drug-likeness (QED) is 0.540. The fourth-order valence-electron chi connectivity index (χ4n) is 4.51. The van der Waals surface area contributed by atoms with E-state index in [9.17, 15) is 4.79 Å². The second-order valence-electron chi connectivity index (χ2n) is 10.7. The second kappa shape index (κ2) is 9.29. The Hall–Kier alpha value is -0.570. The molecule has 1 amide bonds. The van der Waals surface area contributed by atoms with Gasteiger partial charge in [0.15, 0.2) is 0 Å². The highest BCUT2D eigenvalue weighted by Crippen LogP contribution is 2.41. The van der Waals surface area contributed by atoms with Crippen LogP contribution in [0.3, 0.4) is 0 Å². The molecule has 0 aliphatic carbocycles. The molecule has 0 aromatic heterocycles. The van der Waals surface area contributed by atoms with Crippen LogP contribution in [0.1, 0.15) is 89.5 Å². The Labute approximate surface area is 169 Å². The highest BCUT2D eigenvalue weighted by molar-refractivity contribution is 5.81. The summed E-state index contributed by atoms with van der Waals surface area (Å²) in [5, 5.41) is 0. The maximum atomic E-state index is 14.1. The summed E-state index contributed by atoms with van der Waals surface area (Å²) in [5.41, 5.74) is -0.208. The van der Waals surface area contributed by atoms with E-state index in [2.05, 4.69) is 88.0 Å². The molecule has 0 N–H and O–H groups in total. The van der Waals surface area contributed by atoms with E-state index in [-0.39, 0.29) is 29.7 Å². The van der Waals surface area contributed by atoms with Crippen LogP contribution in [-0.4, -0.2) is 34.6 Å². The number of carbonyl (C=O) groups is 1. The molecule has 1 saturated heterocycles. The van der Waals surface area contributed by atoms with Gasteiger partial charge in [0, 0.05) is 5.54 Å². The van der Waals surface area contributed by atoms with E-state index in [1.807, 2.05) is 0 Å². The number of amides is 1. The molecule has 1 rings (SSSR count). The van der Waals surface area contributed by atoms with Crippen LogP contribution < -0.4 is 0 Å². The highest BCUT2D eigenvalue weighted by Gasteiger charge is 2.52. The van der Waals surface area contributed by atoms with E-state index in [1.165, 1.54) is 0 Å². The molecule has 0 aromatic carbocycles. The van der Waals surface area contributed by atoms with Crippen LogP contribution in [0.25, 0.3) is 0 Å². The van der Waals surface area contributed by atoms with E-state index in [4.69, 9.17) is 4.74 Å². The minimum atomic E-state index is -0.208. The number of rotatable bonds is 7. The summed E-state index contributed by atoms with van der Waals surface area (Å²) in [5.74, 6) is 1.97. The van der Waals surface area contributed by atoms with Crippen LogP contribution in [0.15, 0.2) is 0 Å². The average Bonchev–Trinajstić information content (AvgIpc) is 2.68. The van der Waals surface area contributed by atoms with Crippen molar-refractivity contribution < 1.29 is 9.53 Å². The van der Waals surface area contributed by atoms with Crippen molar-refractivity contribution in [3.05, 3.63) is 0 Å². The lowest BCUT2D eigenvalue weighted by molar-refractivity contribution is -0.150. The Balaban J connectivity index is 3.69. The van der Waals surface area contributed by atoms with Crippen LogP contribution in [0.5, 0.6) is 0 Å². The van der Waals surface area contributed by atoms with Gasteiger partial charge >= 0.3 is 0 Å². The molecule has 27 heavy (non-hydrogen) atoms. The van der Waals surface area contributed by atoms with Crippen molar-refractivity contribution >= 4 is 5.91 Å². The van der Waals surface area contributed by atoms with E-state index in [0.717, 1.165) is 6.42 Å². The fourth-order valence-corrected chi connectivity index (χ4v) is 4.51. The molecule has 5 unspecified atom stereocenters. The van der Waals surface area contributed by atoms with E-state index in [0.29, 0.717) is 35.5 Å². The molecular formula is C24H47NO2. The first-order chi connectivity index (χ1) is 12.3. The zero-order chi connectivity index (χ0) is 21.3. The fraction of sp³-hybridized carbons (Fsp3) is 0.958. The summed E-state index contributed by atoms with van der Waals surface area (Å²) in [4.78, 5) is 16.4. The largest absolute Gasteiger partial charge is 0.371 e. The predicted octanol–water partition coefficient (Wildman–Crippen LogP) is 6.02. The highest BCUT2D eigenvalue weighted by atomic mass is 16.5. The van der Waals surface area contributed by atoms with Crippen molar-refractivity contribution in [2.45, 2.75) is 113 Å². The minimum absolute atomic E-state index is 0.0194. The van der Waals surface area contributed by atoms with Gasteiger partial charge in [-0.15, -0.1) is 0 Å². The molecule has 1 aliphatic rings. The lowest BCUT2D eigenvalue weighted by atomic mass is 9.78. The smallest absolute Gasteiger partial charge is 0.229 e. The minimum Gasteiger partial charge on any atom is -0.371 e. The molecule has 1 heterocycles.